The molecule has 0 aliphatic carbocycles. The van der Waals surface area contributed by atoms with Gasteiger partial charge in [-0.05, 0) is 26.3 Å². The van der Waals surface area contributed by atoms with Crippen molar-refractivity contribution in [1.82, 2.24) is 9.55 Å². The Morgan fingerprint density at radius 1 is 1.30 bits per heavy atom. The Balaban J connectivity index is 1.96. The number of ether oxygens (including phenoxy) is 1. The Morgan fingerprint density at radius 2 is 2.07 bits per heavy atom. The Morgan fingerprint density at radius 3 is 2.81 bits per heavy atom. The molecule has 0 saturated carbocycles. The van der Waals surface area contributed by atoms with Crippen LogP contribution in [0.4, 0.5) is 10.8 Å². The summed E-state index contributed by atoms with van der Waals surface area (Å²) < 4.78 is 6.87. The quantitative estimate of drug-likeness (QED) is 0.428. The highest BCUT2D eigenvalue weighted by Crippen LogP contribution is 2.40. The molecule has 0 radical (unpaired) electrons. The smallest absolute Gasteiger partial charge is 0.350 e. The molecule has 8 heteroatoms. The summed E-state index contributed by atoms with van der Waals surface area (Å²) in [6, 6.07) is 7.69. The van der Waals surface area contributed by atoms with Crippen molar-refractivity contribution in [3.05, 3.63) is 34.8 Å². The van der Waals surface area contributed by atoms with E-state index in [-0.39, 0.29) is 5.88 Å². The molecule has 0 amide bonds. The van der Waals surface area contributed by atoms with Crippen LogP contribution in [-0.2, 0) is 11.3 Å². The average Bonchev–Trinajstić information content (AvgIpc) is 3.16. The van der Waals surface area contributed by atoms with E-state index in [4.69, 9.17) is 4.74 Å². The first-order chi connectivity index (χ1) is 13.1. The van der Waals surface area contributed by atoms with Gasteiger partial charge in [-0.15, -0.1) is 10.2 Å². The van der Waals surface area contributed by atoms with E-state index in [9.17, 15) is 9.90 Å². The SMILES string of the molecule is CCCCn1c(O)c(N=Nc2nc(C)c(C(=O)OCC)s2)c2ccccc21. The van der Waals surface area contributed by atoms with Gasteiger partial charge in [-0.2, -0.15) is 0 Å². The standard InChI is InChI=1S/C19H22N4O3S/c1-4-6-11-23-14-10-8-7-9-13(14)15(17(23)24)21-22-19-20-12(3)16(27-19)18(25)26-5-2/h7-10,24H,4-6,11H2,1-3H3. The summed E-state index contributed by atoms with van der Waals surface area (Å²) in [5.74, 6) is -0.319. The van der Waals surface area contributed by atoms with Crippen LogP contribution in [0, 0.1) is 6.92 Å². The number of carbonyl (C=O) groups is 1. The number of fused-ring (bicyclic) bond motifs is 1. The number of rotatable bonds is 7. The number of thiazole rings is 1. The number of aryl methyl sites for hydroxylation is 2. The maximum Gasteiger partial charge on any atom is 0.350 e. The highest BCUT2D eigenvalue weighted by atomic mass is 32.1. The van der Waals surface area contributed by atoms with Crippen LogP contribution in [0.5, 0.6) is 5.88 Å². The number of unbranched alkanes of at least 4 members (excludes halogenated alkanes) is 1. The van der Waals surface area contributed by atoms with Crippen LogP contribution in [0.1, 0.15) is 42.1 Å². The third kappa shape index (κ3) is 3.85. The molecule has 2 heterocycles. The Hall–Kier alpha value is -2.74. The summed E-state index contributed by atoms with van der Waals surface area (Å²) in [5, 5.41) is 20.2. The Bertz CT molecular complexity index is 990. The van der Waals surface area contributed by atoms with Crippen LogP contribution in [0.15, 0.2) is 34.5 Å². The topological polar surface area (TPSA) is 89.1 Å². The van der Waals surface area contributed by atoms with Gasteiger partial charge in [-0.1, -0.05) is 42.9 Å². The third-order valence-corrected chi connectivity index (χ3v) is 5.16. The van der Waals surface area contributed by atoms with Gasteiger partial charge in [-0.3, -0.25) is 0 Å². The lowest BCUT2D eigenvalue weighted by Gasteiger charge is -2.04. The number of carbonyl (C=O) groups excluding carboxylic acids is 1. The van der Waals surface area contributed by atoms with Crippen LogP contribution in [0.25, 0.3) is 10.9 Å². The predicted octanol–water partition coefficient (Wildman–Crippen LogP) is 5.50. The van der Waals surface area contributed by atoms with Crippen molar-refractivity contribution >= 4 is 39.0 Å². The van der Waals surface area contributed by atoms with Gasteiger partial charge in [0, 0.05) is 11.9 Å². The van der Waals surface area contributed by atoms with E-state index in [0.29, 0.717) is 34.5 Å². The second-order valence-electron chi connectivity index (χ2n) is 6.03. The number of esters is 1. The zero-order valence-corrected chi connectivity index (χ0v) is 16.4. The molecule has 142 valence electrons. The fourth-order valence-corrected chi connectivity index (χ4v) is 3.60. The number of hydrogen-bond acceptors (Lipinski definition) is 7. The zero-order chi connectivity index (χ0) is 19.4. The van der Waals surface area contributed by atoms with Gasteiger partial charge in [0.05, 0.1) is 17.8 Å². The minimum Gasteiger partial charge on any atom is -0.493 e. The second-order valence-corrected chi connectivity index (χ2v) is 7.00. The third-order valence-electron chi connectivity index (χ3n) is 4.13. The van der Waals surface area contributed by atoms with Crippen LogP contribution in [0.3, 0.4) is 0 Å². The molecule has 0 fully saturated rings. The van der Waals surface area contributed by atoms with Crippen LogP contribution < -0.4 is 0 Å². The van der Waals surface area contributed by atoms with E-state index < -0.39 is 5.97 Å². The van der Waals surface area contributed by atoms with E-state index in [2.05, 4.69) is 22.1 Å². The number of aromatic nitrogens is 2. The maximum atomic E-state index is 11.9. The van der Waals surface area contributed by atoms with E-state index in [1.807, 2.05) is 28.8 Å². The summed E-state index contributed by atoms with van der Waals surface area (Å²) in [5.41, 5.74) is 1.88. The van der Waals surface area contributed by atoms with Crippen molar-refractivity contribution in [3.63, 3.8) is 0 Å². The summed E-state index contributed by atoms with van der Waals surface area (Å²) in [7, 11) is 0. The van der Waals surface area contributed by atoms with Crippen molar-refractivity contribution in [1.29, 1.82) is 0 Å². The Kier molecular flexibility index (Phi) is 5.85. The van der Waals surface area contributed by atoms with Crippen molar-refractivity contribution in [2.45, 2.75) is 40.2 Å². The second kappa shape index (κ2) is 8.30. The molecule has 0 spiro atoms. The van der Waals surface area contributed by atoms with E-state index in [0.717, 1.165) is 35.1 Å². The summed E-state index contributed by atoms with van der Waals surface area (Å²) >= 11 is 1.12. The number of nitrogens with zero attached hydrogens (tertiary/aromatic N) is 4. The molecular weight excluding hydrogens is 364 g/mol. The lowest BCUT2D eigenvalue weighted by atomic mass is 10.2. The van der Waals surface area contributed by atoms with Crippen LogP contribution in [-0.4, -0.2) is 27.2 Å². The molecule has 0 atom stereocenters. The minimum absolute atomic E-state index is 0.0901. The van der Waals surface area contributed by atoms with Crippen molar-refractivity contribution in [3.8, 4) is 5.88 Å². The lowest BCUT2D eigenvalue weighted by Crippen LogP contribution is -2.03. The fourth-order valence-electron chi connectivity index (χ4n) is 2.82. The first kappa shape index (κ1) is 19.0. The largest absolute Gasteiger partial charge is 0.493 e. The van der Waals surface area contributed by atoms with Gasteiger partial charge < -0.3 is 14.4 Å². The molecule has 7 nitrogen and oxygen atoms in total. The first-order valence-corrected chi connectivity index (χ1v) is 9.74. The molecular formula is C19H22N4O3S. The highest BCUT2D eigenvalue weighted by Gasteiger charge is 2.18. The molecule has 2 aromatic heterocycles. The zero-order valence-electron chi connectivity index (χ0n) is 15.6. The van der Waals surface area contributed by atoms with Gasteiger partial charge in [-0.25, -0.2) is 9.78 Å². The molecule has 0 unspecified atom stereocenters. The number of azo groups is 1. The molecule has 0 bridgehead atoms. The highest BCUT2D eigenvalue weighted by molar-refractivity contribution is 7.17. The average molecular weight is 386 g/mol. The summed E-state index contributed by atoms with van der Waals surface area (Å²) in [6.45, 7) is 6.61. The number of benzene rings is 1. The number of para-hydroxylation sites is 1. The van der Waals surface area contributed by atoms with Crippen molar-refractivity contribution < 1.29 is 14.6 Å². The lowest BCUT2D eigenvalue weighted by molar-refractivity contribution is 0.0531. The number of aromatic hydroxyl groups is 1. The van der Waals surface area contributed by atoms with Crippen molar-refractivity contribution in [2.75, 3.05) is 6.61 Å². The molecule has 0 saturated heterocycles. The van der Waals surface area contributed by atoms with Crippen LogP contribution in [0.2, 0.25) is 0 Å². The monoisotopic (exact) mass is 386 g/mol. The molecule has 0 aliphatic rings. The summed E-state index contributed by atoms with van der Waals surface area (Å²) in [6.07, 6.45) is 1.98. The summed E-state index contributed by atoms with van der Waals surface area (Å²) in [4.78, 5) is 16.6. The van der Waals surface area contributed by atoms with E-state index in [1.165, 1.54) is 0 Å². The van der Waals surface area contributed by atoms with Crippen LogP contribution >= 0.6 is 11.3 Å². The first-order valence-electron chi connectivity index (χ1n) is 8.93. The minimum atomic E-state index is -0.409. The number of hydrogen-bond donors (Lipinski definition) is 1. The fraction of sp³-hybridized carbons (Fsp3) is 0.368. The normalized spacial score (nSPS) is 11.5. The molecule has 0 aliphatic heterocycles. The van der Waals surface area contributed by atoms with E-state index >= 15 is 0 Å². The van der Waals surface area contributed by atoms with Gasteiger partial charge >= 0.3 is 5.97 Å². The van der Waals surface area contributed by atoms with Gasteiger partial charge in [0.2, 0.25) is 11.0 Å². The maximum absolute atomic E-state index is 11.9. The molecule has 3 aromatic rings. The molecule has 3 rings (SSSR count). The van der Waals surface area contributed by atoms with E-state index in [1.54, 1.807) is 13.8 Å². The van der Waals surface area contributed by atoms with Crippen molar-refractivity contribution in [2.24, 2.45) is 10.2 Å². The molecule has 1 aromatic carbocycles. The Labute approximate surface area is 161 Å². The molecule has 1 N–H and O–H groups in total. The van der Waals surface area contributed by atoms with Gasteiger partial charge in [0.1, 0.15) is 4.88 Å². The predicted molar refractivity (Wildman–Crippen MR) is 105 cm³/mol. The van der Waals surface area contributed by atoms with Gasteiger partial charge in [0.25, 0.3) is 0 Å². The molecule has 27 heavy (non-hydrogen) atoms. The van der Waals surface area contributed by atoms with Gasteiger partial charge in [0.15, 0.2) is 5.69 Å².